The lowest BCUT2D eigenvalue weighted by Gasteiger charge is -2.20. The number of likely N-dealkylation sites (tertiary alicyclic amines) is 1. The summed E-state index contributed by atoms with van der Waals surface area (Å²) in [5.41, 5.74) is 0.965. The first-order valence-corrected chi connectivity index (χ1v) is 10.1. The summed E-state index contributed by atoms with van der Waals surface area (Å²) in [4.78, 5) is 22.9. The fourth-order valence-electron chi connectivity index (χ4n) is 3.07. The topological polar surface area (TPSA) is 78.9 Å². The molecular formula is C20H34IN5O2. The van der Waals surface area contributed by atoms with Crippen molar-refractivity contribution >= 4 is 35.8 Å². The molecule has 1 aliphatic heterocycles. The van der Waals surface area contributed by atoms with Crippen LogP contribution in [0.5, 0.6) is 5.88 Å². The van der Waals surface area contributed by atoms with Gasteiger partial charge in [-0.3, -0.25) is 4.79 Å². The highest BCUT2D eigenvalue weighted by Gasteiger charge is 2.15. The van der Waals surface area contributed by atoms with Crippen molar-refractivity contribution in [3.63, 3.8) is 0 Å². The van der Waals surface area contributed by atoms with Gasteiger partial charge in [0.15, 0.2) is 5.96 Å². The van der Waals surface area contributed by atoms with Crippen LogP contribution < -0.4 is 15.4 Å². The third-order valence-electron chi connectivity index (χ3n) is 4.45. The maximum absolute atomic E-state index is 12.0. The average Bonchev–Trinajstić information content (AvgIpc) is 2.88. The predicted octanol–water partition coefficient (Wildman–Crippen LogP) is 2.95. The Morgan fingerprint density at radius 3 is 2.93 bits per heavy atom. The SMILES string of the molecule is CCNC(=NCc1cccnc1OCC)NCCCN1CCCCCC1=O.I. The molecule has 0 unspecified atom stereocenters. The summed E-state index contributed by atoms with van der Waals surface area (Å²) in [6.07, 6.45) is 6.65. The third-order valence-corrected chi connectivity index (χ3v) is 4.45. The molecule has 0 aliphatic carbocycles. The molecule has 1 aromatic heterocycles. The lowest BCUT2D eigenvalue weighted by molar-refractivity contribution is -0.130. The van der Waals surface area contributed by atoms with E-state index in [0.29, 0.717) is 31.4 Å². The lowest BCUT2D eigenvalue weighted by atomic mass is 10.2. The number of hydrogen-bond donors (Lipinski definition) is 2. The molecule has 2 rings (SSSR count). The van der Waals surface area contributed by atoms with Crippen molar-refractivity contribution < 1.29 is 9.53 Å². The van der Waals surface area contributed by atoms with E-state index in [9.17, 15) is 4.79 Å². The molecule has 1 saturated heterocycles. The number of halogens is 1. The number of nitrogens with one attached hydrogen (secondary N) is 2. The first-order valence-electron chi connectivity index (χ1n) is 10.1. The number of carbonyl (C=O) groups is 1. The highest BCUT2D eigenvalue weighted by atomic mass is 127. The van der Waals surface area contributed by atoms with Gasteiger partial charge in [0, 0.05) is 44.4 Å². The number of aromatic nitrogens is 1. The molecule has 0 aromatic carbocycles. The Morgan fingerprint density at radius 2 is 2.14 bits per heavy atom. The second-order valence-electron chi connectivity index (χ2n) is 6.57. The average molecular weight is 503 g/mol. The fourth-order valence-corrected chi connectivity index (χ4v) is 3.07. The Morgan fingerprint density at radius 1 is 1.29 bits per heavy atom. The van der Waals surface area contributed by atoms with Gasteiger partial charge < -0.3 is 20.3 Å². The van der Waals surface area contributed by atoms with Crippen LogP contribution in [0.3, 0.4) is 0 Å². The third kappa shape index (κ3) is 8.62. The fraction of sp³-hybridized carbons (Fsp3) is 0.650. The van der Waals surface area contributed by atoms with Crippen molar-refractivity contribution in [2.45, 2.75) is 52.5 Å². The maximum Gasteiger partial charge on any atom is 0.222 e. The Bertz CT molecular complexity index is 612. The van der Waals surface area contributed by atoms with Gasteiger partial charge >= 0.3 is 0 Å². The summed E-state index contributed by atoms with van der Waals surface area (Å²) >= 11 is 0. The molecule has 158 valence electrons. The zero-order chi connectivity index (χ0) is 19.3. The van der Waals surface area contributed by atoms with Gasteiger partial charge in [0.05, 0.1) is 13.2 Å². The van der Waals surface area contributed by atoms with E-state index in [2.05, 4.69) is 20.6 Å². The molecule has 0 saturated carbocycles. The van der Waals surface area contributed by atoms with E-state index < -0.39 is 0 Å². The van der Waals surface area contributed by atoms with E-state index in [-0.39, 0.29) is 24.0 Å². The van der Waals surface area contributed by atoms with Gasteiger partial charge in [-0.2, -0.15) is 0 Å². The molecule has 0 spiro atoms. The van der Waals surface area contributed by atoms with Gasteiger partial charge in [0.2, 0.25) is 11.8 Å². The van der Waals surface area contributed by atoms with Crippen LogP contribution in [0, 0.1) is 0 Å². The summed E-state index contributed by atoms with van der Waals surface area (Å²) in [5, 5.41) is 6.61. The zero-order valence-electron chi connectivity index (χ0n) is 17.1. The molecule has 2 heterocycles. The molecule has 0 radical (unpaired) electrons. The number of amides is 1. The standard InChI is InChI=1S/C20H33N5O2.HI/c1-3-21-20(24-16-17-10-8-12-22-19(17)27-4-2)23-13-9-15-25-14-7-5-6-11-18(25)26;/h8,10,12H,3-7,9,11,13-16H2,1-2H3,(H2,21,23,24);1H. The van der Waals surface area contributed by atoms with Crippen LogP contribution in [-0.4, -0.2) is 54.5 Å². The number of guanidine groups is 1. The van der Waals surface area contributed by atoms with Crippen LogP contribution in [0.2, 0.25) is 0 Å². The molecule has 1 aromatic rings. The van der Waals surface area contributed by atoms with Crippen LogP contribution in [0.15, 0.2) is 23.3 Å². The largest absolute Gasteiger partial charge is 0.478 e. The van der Waals surface area contributed by atoms with E-state index >= 15 is 0 Å². The van der Waals surface area contributed by atoms with Crippen LogP contribution in [-0.2, 0) is 11.3 Å². The number of rotatable bonds is 9. The summed E-state index contributed by atoms with van der Waals surface area (Å²) in [6.45, 7) is 8.36. The van der Waals surface area contributed by atoms with Crippen molar-refractivity contribution in [2.24, 2.45) is 4.99 Å². The molecule has 1 fully saturated rings. The molecule has 0 bridgehead atoms. The normalized spacial score (nSPS) is 14.9. The monoisotopic (exact) mass is 503 g/mol. The van der Waals surface area contributed by atoms with Crippen LogP contribution in [0.25, 0.3) is 0 Å². The van der Waals surface area contributed by atoms with Gasteiger partial charge in [0.25, 0.3) is 0 Å². The maximum atomic E-state index is 12.0. The quantitative estimate of drug-likeness (QED) is 0.235. The Balaban J connectivity index is 0.00000392. The molecule has 0 atom stereocenters. The smallest absolute Gasteiger partial charge is 0.222 e. The van der Waals surface area contributed by atoms with E-state index in [1.165, 1.54) is 0 Å². The Kier molecular flexibility index (Phi) is 12.6. The van der Waals surface area contributed by atoms with Crippen LogP contribution in [0.4, 0.5) is 0 Å². The molecule has 28 heavy (non-hydrogen) atoms. The van der Waals surface area contributed by atoms with Crippen LogP contribution in [0.1, 0.15) is 51.5 Å². The molecule has 2 N–H and O–H groups in total. The number of pyridine rings is 1. The number of hydrogen-bond acceptors (Lipinski definition) is 4. The van der Waals surface area contributed by atoms with Crippen molar-refractivity contribution in [1.29, 1.82) is 0 Å². The lowest BCUT2D eigenvalue weighted by Crippen LogP contribution is -2.39. The minimum absolute atomic E-state index is 0. The van der Waals surface area contributed by atoms with Crippen molar-refractivity contribution in [1.82, 2.24) is 20.5 Å². The minimum Gasteiger partial charge on any atom is -0.478 e. The van der Waals surface area contributed by atoms with Gasteiger partial charge in [-0.25, -0.2) is 9.98 Å². The van der Waals surface area contributed by atoms with E-state index in [0.717, 1.165) is 63.4 Å². The molecule has 7 nitrogen and oxygen atoms in total. The minimum atomic E-state index is 0. The highest BCUT2D eigenvalue weighted by molar-refractivity contribution is 14.0. The van der Waals surface area contributed by atoms with Crippen molar-refractivity contribution in [3.8, 4) is 5.88 Å². The summed E-state index contributed by atoms with van der Waals surface area (Å²) in [7, 11) is 0. The second kappa shape index (κ2) is 14.4. The number of aliphatic imine (C=N–C) groups is 1. The number of ether oxygens (including phenoxy) is 1. The molecule has 1 aliphatic rings. The number of carbonyl (C=O) groups excluding carboxylic acids is 1. The van der Waals surface area contributed by atoms with Gasteiger partial charge in [-0.15, -0.1) is 24.0 Å². The van der Waals surface area contributed by atoms with E-state index in [4.69, 9.17) is 4.74 Å². The van der Waals surface area contributed by atoms with Gasteiger partial charge in [-0.05, 0) is 39.2 Å². The highest BCUT2D eigenvalue weighted by Crippen LogP contribution is 2.15. The summed E-state index contributed by atoms with van der Waals surface area (Å²) in [6, 6.07) is 3.88. The van der Waals surface area contributed by atoms with Crippen molar-refractivity contribution in [2.75, 3.05) is 32.8 Å². The molecule has 1 amide bonds. The number of nitrogens with zero attached hydrogens (tertiary/aromatic N) is 3. The van der Waals surface area contributed by atoms with E-state index in [1.54, 1.807) is 6.20 Å². The molecular weight excluding hydrogens is 469 g/mol. The second-order valence-corrected chi connectivity index (χ2v) is 6.57. The van der Waals surface area contributed by atoms with Crippen LogP contribution >= 0.6 is 24.0 Å². The first-order chi connectivity index (χ1) is 13.2. The predicted molar refractivity (Wildman–Crippen MR) is 123 cm³/mol. The Labute approximate surface area is 185 Å². The summed E-state index contributed by atoms with van der Waals surface area (Å²) in [5.74, 6) is 1.71. The van der Waals surface area contributed by atoms with E-state index in [1.807, 2.05) is 30.9 Å². The van der Waals surface area contributed by atoms with Gasteiger partial charge in [-0.1, -0.05) is 12.5 Å². The first kappa shape index (κ1) is 24.5. The van der Waals surface area contributed by atoms with Crippen molar-refractivity contribution in [3.05, 3.63) is 23.9 Å². The Hall–Kier alpha value is -1.58. The zero-order valence-corrected chi connectivity index (χ0v) is 19.4. The molecule has 8 heteroatoms. The van der Waals surface area contributed by atoms with Gasteiger partial charge in [0.1, 0.15) is 0 Å². The summed E-state index contributed by atoms with van der Waals surface area (Å²) < 4.78 is 5.56.